The SMILES string of the molecule is C[C@@H](CCC(=O)N=Nc1c(O)[nH]c2ccc(Cl)cc12)[C@H]1CC[C@H]2[C@@H]3[C@H](O)C[C@H]4C[C@@H](O)CC[C@]4(C)[C@H]3CC[C@]12C. The average molecular weight is 570 g/mol. The van der Waals surface area contributed by atoms with E-state index >= 15 is 0 Å². The fraction of sp³-hybridized carbons (Fsp3) is 0.719. The fourth-order valence-electron chi connectivity index (χ4n) is 10.1. The summed E-state index contributed by atoms with van der Waals surface area (Å²) in [6.45, 7) is 7.19. The number of rotatable bonds is 5. The first-order valence-electron chi connectivity index (χ1n) is 15.3. The van der Waals surface area contributed by atoms with Gasteiger partial charge in [-0.3, -0.25) is 4.79 Å². The van der Waals surface area contributed by atoms with Crippen molar-refractivity contribution in [1.29, 1.82) is 0 Å². The predicted octanol–water partition coefficient (Wildman–Crippen LogP) is 7.54. The Balaban J connectivity index is 1.11. The first-order chi connectivity index (χ1) is 19.0. The molecule has 4 aliphatic carbocycles. The number of aliphatic hydroxyl groups is 2. The Morgan fingerprint density at radius 1 is 1.10 bits per heavy atom. The van der Waals surface area contributed by atoms with Gasteiger partial charge in [-0.1, -0.05) is 32.4 Å². The zero-order chi connectivity index (χ0) is 28.4. The lowest BCUT2D eigenvalue weighted by molar-refractivity contribution is -0.174. The van der Waals surface area contributed by atoms with Gasteiger partial charge in [-0.25, -0.2) is 0 Å². The van der Waals surface area contributed by atoms with Crippen molar-refractivity contribution < 1.29 is 20.1 Å². The highest BCUT2D eigenvalue weighted by molar-refractivity contribution is 6.31. The van der Waals surface area contributed by atoms with E-state index in [1.54, 1.807) is 18.2 Å². The molecule has 218 valence electrons. The Hall–Kier alpha value is -1.96. The molecule has 4 saturated carbocycles. The second kappa shape index (κ2) is 10.4. The van der Waals surface area contributed by atoms with Crippen molar-refractivity contribution in [3.63, 3.8) is 0 Å². The van der Waals surface area contributed by atoms with Gasteiger partial charge in [0.2, 0.25) is 5.88 Å². The molecule has 7 nitrogen and oxygen atoms in total. The topological polar surface area (TPSA) is 118 Å². The van der Waals surface area contributed by atoms with Gasteiger partial charge >= 0.3 is 0 Å². The van der Waals surface area contributed by atoms with Crippen LogP contribution in [0, 0.1) is 46.3 Å². The summed E-state index contributed by atoms with van der Waals surface area (Å²) in [6, 6.07) is 5.18. The molecule has 0 radical (unpaired) electrons. The molecule has 1 heterocycles. The van der Waals surface area contributed by atoms with Crippen molar-refractivity contribution in [2.45, 2.75) is 97.2 Å². The molecule has 0 saturated heterocycles. The van der Waals surface area contributed by atoms with Crippen molar-refractivity contribution in [1.82, 2.24) is 4.98 Å². The number of hydrogen-bond donors (Lipinski definition) is 4. The zero-order valence-electron chi connectivity index (χ0n) is 23.9. The number of aromatic nitrogens is 1. The van der Waals surface area contributed by atoms with Gasteiger partial charge in [0.1, 0.15) is 0 Å². The number of fused-ring (bicyclic) bond motifs is 6. The molecule has 0 aliphatic heterocycles. The van der Waals surface area contributed by atoms with Crippen LogP contribution in [-0.2, 0) is 4.79 Å². The summed E-state index contributed by atoms with van der Waals surface area (Å²) in [5, 5.41) is 41.2. The summed E-state index contributed by atoms with van der Waals surface area (Å²) >= 11 is 6.10. The number of H-pyrrole nitrogens is 1. The number of carbonyl (C=O) groups excluding carboxylic acids is 1. The van der Waals surface area contributed by atoms with Gasteiger partial charge in [-0.05, 0) is 122 Å². The molecule has 10 atom stereocenters. The molecule has 1 amide bonds. The summed E-state index contributed by atoms with van der Waals surface area (Å²) in [5.74, 6) is 2.32. The predicted molar refractivity (Wildman–Crippen MR) is 156 cm³/mol. The van der Waals surface area contributed by atoms with E-state index in [9.17, 15) is 20.1 Å². The highest BCUT2D eigenvalue weighted by atomic mass is 35.5. The van der Waals surface area contributed by atoms with E-state index in [4.69, 9.17) is 11.6 Å². The molecular formula is C32H44ClN3O4. The Morgan fingerprint density at radius 2 is 1.85 bits per heavy atom. The van der Waals surface area contributed by atoms with Gasteiger partial charge in [-0.2, -0.15) is 0 Å². The maximum atomic E-state index is 12.7. The van der Waals surface area contributed by atoms with Crippen LogP contribution in [0.5, 0.6) is 5.88 Å². The van der Waals surface area contributed by atoms with E-state index in [0.29, 0.717) is 57.9 Å². The fourth-order valence-corrected chi connectivity index (χ4v) is 10.3. The molecule has 4 fully saturated rings. The molecule has 8 heteroatoms. The van der Waals surface area contributed by atoms with E-state index < -0.39 is 0 Å². The lowest BCUT2D eigenvalue weighted by Crippen LogP contribution is -2.58. The molecule has 1 aromatic heterocycles. The Kier molecular flexibility index (Phi) is 7.32. The number of carbonyl (C=O) groups is 1. The molecular weight excluding hydrogens is 526 g/mol. The van der Waals surface area contributed by atoms with Crippen molar-refractivity contribution in [3.05, 3.63) is 23.2 Å². The third-order valence-electron chi connectivity index (χ3n) is 12.2. The number of azo groups is 1. The summed E-state index contributed by atoms with van der Waals surface area (Å²) in [4.78, 5) is 15.6. The minimum absolute atomic E-state index is 0.128. The van der Waals surface area contributed by atoms with Crippen molar-refractivity contribution in [2.75, 3.05) is 0 Å². The third kappa shape index (κ3) is 4.60. The van der Waals surface area contributed by atoms with Crippen LogP contribution in [0.4, 0.5) is 5.69 Å². The maximum Gasteiger partial charge on any atom is 0.264 e. The van der Waals surface area contributed by atoms with Crippen LogP contribution < -0.4 is 0 Å². The monoisotopic (exact) mass is 569 g/mol. The van der Waals surface area contributed by atoms with E-state index in [1.165, 1.54) is 6.42 Å². The van der Waals surface area contributed by atoms with Crippen LogP contribution in [0.3, 0.4) is 0 Å². The lowest BCUT2D eigenvalue weighted by atomic mass is 9.43. The number of nitrogens with zero attached hydrogens (tertiary/aromatic N) is 2. The number of aromatic hydroxyl groups is 1. The average Bonchev–Trinajstić information content (AvgIpc) is 3.42. The van der Waals surface area contributed by atoms with E-state index in [-0.39, 0.29) is 40.5 Å². The number of nitrogens with one attached hydrogen (secondary N) is 1. The van der Waals surface area contributed by atoms with Crippen molar-refractivity contribution in [2.24, 2.45) is 56.6 Å². The Morgan fingerprint density at radius 3 is 2.65 bits per heavy atom. The summed E-state index contributed by atoms with van der Waals surface area (Å²) in [5.41, 5.74) is 1.33. The molecule has 0 spiro atoms. The lowest BCUT2D eigenvalue weighted by Gasteiger charge is -2.62. The summed E-state index contributed by atoms with van der Waals surface area (Å²) < 4.78 is 0. The molecule has 40 heavy (non-hydrogen) atoms. The highest BCUT2D eigenvalue weighted by Crippen LogP contribution is 2.68. The molecule has 1 aromatic carbocycles. The minimum Gasteiger partial charge on any atom is -0.493 e. The molecule has 6 rings (SSSR count). The second-order valence-corrected chi connectivity index (χ2v) is 14.5. The minimum atomic E-state index is -0.285. The number of aliphatic hydroxyl groups excluding tert-OH is 2. The smallest absolute Gasteiger partial charge is 0.264 e. The standard InChI is InChI=1S/C32H44ClN3O4/c1-17(4-9-27(39)35-36-29-21-16-19(33)5-8-25(21)34-30(29)40)22-6-7-23-28-24(11-13-32(22,23)3)31(2)12-10-20(37)14-18(31)15-26(28)38/h5,8,16-18,20,22-24,26,28,34,37-38,40H,4,6-7,9-15H2,1-3H3/t17-,18+,20-,22+,23-,24-,26+,28-,31-,32+/m0/s1. The normalized spacial score (nSPS) is 40.1. The van der Waals surface area contributed by atoms with Gasteiger partial charge in [0.05, 0.1) is 17.7 Å². The van der Waals surface area contributed by atoms with Crippen molar-refractivity contribution >= 4 is 34.1 Å². The number of halogens is 1. The van der Waals surface area contributed by atoms with E-state index in [1.807, 2.05) is 0 Å². The van der Waals surface area contributed by atoms with Crippen molar-refractivity contribution in [3.8, 4) is 5.88 Å². The molecule has 4 aliphatic rings. The highest BCUT2D eigenvalue weighted by Gasteiger charge is 2.62. The van der Waals surface area contributed by atoms with Gasteiger partial charge in [-0.15, -0.1) is 10.2 Å². The van der Waals surface area contributed by atoms with E-state index in [0.717, 1.165) is 51.4 Å². The molecule has 2 aromatic rings. The Bertz CT molecular complexity index is 1310. The molecule has 0 bridgehead atoms. The van der Waals surface area contributed by atoms with Gasteiger partial charge in [0.25, 0.3) is 5.91 Å². The molecule has 4 N–H and O–H groups in total. The number of amides is 1. The number of hydrogen-bond acceptors (Lipinski definition) is 5. The van der Waals surface area contributed by atoms with Crippen LogP contribution in [0.2, 0.25) is 5.02 Å². The first kappa shape index (κ1) is 28.2. The first-order valence-corrected chi connectivity index (χ1v) is 15.7. The second-order valence-electron chi connectivity index (χ2n) is 14.1. The van der Waals surface area contributed by atoms with Crippen LogP contribution in [0.15, 0.2) is 28.4 Å². The largest absolute Gasteiger partial charge is 0.493 e. The third-order valence-corrected chi connectivity index (χ3v) is 12.4. The van der Waals surface area contributed by atoms with Crippen LogP contribution in [0.25, 0.3) is 10.9 Å². The van der Waals surface area contributed by atoms with Gasteiger partial charge < -0.3 is 20.3 Å². The maximum absolute atomic E-state index is 12.7. The van der Waals surface area contributed by atoms with Crippen LogP contribution in [0.1, 0.15) is 85.0 Å². The summed E-state index contributed by atoms with van der Waals surface area (Å²) in [7, 11) is 0. The molecule has 0 unspecified atom stereocenters. The van der Waals surface area contributed by atoms with E-state index in [2.05, 4.69) is 36.0 Å². The van der Waals surface area contributed by atoms with Crippen LogP contribution in [-0.4, -0.2) is 38.4 Å². The van der Waals surface area contributed by atoms with Gasteiger partial charge in [0, 0.05) is 16.8 Å². The summed E-state index contributed by atoms with van der Waals surface area (Å²) in [6.07, 6.45) is 8.90. The number of benzene rings is 1. The van der Waals surface area contributed by atoms with Gasteiger partial charge in [0.15, 0.2) is 5.69 Å². The number of aromatic amines is 1. The zero-order valence-corrected chi connectivity index (χ0v) is 24.7. The quantitative estimate of drug-likeness (QED) is 0.278. The van der Waals surface area contributed by atoms with Crippen LogP contribution >= 0.6 is 11.6 Å². The Labute approximate surface area is 241 Å².